The van der Waals surface area contributed by atoms with E-state index in [1.54, 1.807) is 37.4 Å². The van der Waals surface area contributed by atoms with Crippen LogP contribution in [0.3, 0.4) is 0 Å². The van der Waals surface area contributed by atoms with E-state index in [0.29, 0.717) is 40.8 Å². The van der Waals surface area contributed by atoms with E-state index in [4.69, 9.17) is 9.47 Å². The van der Waals surface area contributed by atoms with Crippen molar-refractivity contribution in [3.8, 4) is 11.5 Å². The van der Waals surface area contributed by atoms with Crippen molar-refractivity contribution in [3.05, 3.63) is 94.1 Å². The summed E-state index contributed by atoms with van der Waals surface area (Å²) in [5, 5.41) is 11.5. The molecule has 37 heavy (non-hydrogen) atoms. The molecule has 3 aromatic carbocycles. The van der Waals surface area contributed by atoms with Crippen LogP contribution in [0.15, 0.2) is 66.2 Å². The molecule has 1 aliphatic heterocycles. The maximum absolute atomic E-state index is 13.5. The number of carbonyl (C=O) groups excluding carboxylic acids is 2. The zero-order chi connectivity index (χ0) is 26.9. The number of aliphatic hydroxyl groups excluding tert-OH is 1. The molecule has 192 valence electrons. The van der Waals surface area contributed by atoms with E-state index in [0.717, 1.165) is 16.7 Å². The van der Waals surface area contributed by atoms with Gasteiger partial charge in [0.2, 0.25) is 0 Å². The van der Waals surface area contributed by atoms with Crippen molar-refractivity contribution in [1.29, 1.82) is 0 Å². The number of methoxy groups -OCH3 is 1. The van der Waals surface area contributed by atoms with Crippen LogP contribution in [0.25, 0.3) is 5.76 Å². The minimum atomic E-state index is -0.802. The predicted molar refractivity (Wildman–Crippen MR) is 145 cm³/mol. The Morgan fingerprint density at radius 2 is 1.59 bits per heavy atom. The lowest BCUT2D eigenvalue weighted by Gasteiger charge is -2.26. The molecule has 6 heteroatoms. The summed E-state index contributed by atoms with van der Waals surface area (Å²) in [7, 11) is 1.58. The lowest BCUT2D eigenvalue weighted by molar-refractivity contribution is -0.132. The molecule has 0 radical (unpaired) electrons. The molecule has 1 heterocycles. The molecule has 1 atom stereocenters. The summed E-state index contributed by atoms with van der Waals surface area (Å²) in [6, 6.07) is 17.4. The number of nitrogens with zero attached hydrogens (tertiary/aromatic N) is 1. The Kier molecular flexibility index (Phi) is 7.39. The molecular formula is C31H33NO5. The molecule has 1 unspecified atom stereocenters. The second-order valence-electron chi connectivity index (χ2n) is 9.97. The van der Waals surface area contributed by atoms with E-state index in [9.17, 15) is 14.7 Å². The molecule has 1 saturated heterocycles. The van der Waals surface area contributed by atoms with Gasteiger partial charge in [0.05, 0.1) is 25.3 Å². The minimum absolute atomic E-state index is 0.0459. The molecule has 1 aliphatic rings. The van der Waals surface area contributed by atoms with Crippen LogP contribution < -0.4 is 14.4 Å². The van der Waals surface area contributed by atoms with Gasteiger partial charge >= 0.3 is 0 Å². The maximum atomic E-state index is 13.5. The number of aliphatic hydroxyl groups is 1. The molecule has 3 aromatic rings. The number of aryl methyl sites for hydroxylation is 3. The number of benzene rings is 3. The van der Waals surface area contributed by atoms with E-state index in [-0.39, 0.29) is 11.3 Å². The Morgan fingerprint density at radius 1 is 0.946 bits per heavy atom. The number of amides is 1. The molecule has 4 rings (SSSR count). The Hall–Kier alpha value is -4.06. The smallest absolute Gasteiger partial charge is 0.300 e. The second-order valence-corrected chi connectivity index (χ2v) is 9.97. The van der Waals surface area contributed by atoms with E-state index in [1.165, 1.54) is 4.90 Å². The lowest BCUT2D eigenvalue weighted by atomic mass is 9.94. The summed E-state index contributed by atoms with van der Waals surface area (Å²) in [6.45, 7) is 10.5. The van der Waals surface area contributed by atoms with Crippen molar-refractivity contribution in [3.63, 3.8) is 0 Å². The van der Waals surface area contributed by atoms with Gasteiger partial charge in [0.25, 0.3) is 11.7 Å². The highest BCUT2D eigenvalue weighted by Gasteiger charge is 2.47. The number of hydrogen-bond acceptors (Lipinski definition) is 5. The molecule has 1 amide bonds. The predicted octanol–water partition coefficient (Wildman–Crippen LogP) is 6.28. The fourth-order valence-electron chi connectivity index (χ4n) is 4.66. The van der Waals surface area contributed by atoms with Gasteiger partial charge in [0.15, 0.2) is 0 Å². The van der Waals surface area contributed by atoms with E-state index in [1.807, 2.05) is 51.1 Å². The molecule has 0 aliphatic carbocycles. The fraction of sp³-hybridized carbons (Fsp3) is 0.290. The second kappa shape index (κ2) is 10.5. The number of anilines is 1. The van der Waals surface area contributed by atoms with E-state index >= 15 is 0 Å². The van der Waals surface area contributed by atoms with Crippen LogP contribution in [0.2, 0.25) is 0 Å². The number of ketones is 1. The Bertz CT molecular complexity index is 1350. The molecule has 0 spiro atoms. The highest BCUT2D eigenvalue weighted by Crippen LogP contribution is 2.43. The van der Waals surface area contributed by atoms with Crippen LogP contribution >= 0.6 is 0 Å². The van der Waals surface area contributed by atoms with Crippen LogP contribution in [0.4, 0.5) is 5.69 Å². The van der Waals surface area contributed by atoms with E-state index < -0.39 is 17.7 Å². The zero-order valence-corrected chi connectivity index (χ0v) is 22.2. The summed E-state index contributed by atoms with van der Waals surface area (Å²) in [5.41, 5.74) is 4.56. The normalized spacial score (nSPS) is 16.9. The number of Topliss-reactive ketones (excluding diaryl/α,β-unsaturated/α-hetero) is 1. The number of ether oxygens (including phenoxy) is 2. The van der Waals surface area contributed by atoms with Crippen molar-refractivity contribution in [2.45, 2.75) is 40.7 Å². The monoisotopic (exact) mass is 499 g/mol. The molecular weight excluding hydrogens is 466 g/mol. The average Bonchev–Trinajstić information content (AvgIpc) is 3.12. The average molecular weight is 500 g/mol. The maximum Gasteiger partial charge on any atom is 0.300 e. The van der Waals surface area contributed by atoms with Gasteiger partial charge in [0, 0.05) is 11.3 Å². The van der Waals surface area contributed by atoms with Crippen molar-refractivity contribution in [1.82, 2.24) is 0 Å². The third kappa shape index (κ3) is 5.24. The van der Waals surface area contributed by atoms with E-state index in [2.05, 4.69) is 13.8 Å². The fourth-order valence-corrected chi connectivity index (χ4v) is 4.66. The Labute approximate surface area is 218 Å². The summed E-state index contributed by atoms with van der Waals surface area (Å²) in [5.74, 6) is 0.117. The van der Waals surface area contributed by atoms with Gasteiger partial charge in [-0.1, -0.05) is 32.0 Å². The first-order chi connectivity index (χ1) is 17.6. The lowest BCUT2D eigenvalue weighted by Crippen LogP contribution is -2.29. The number of hydrogen-bond donors (Lipinski definition) is 1. The minimum Gasteiger partial charge on any atom is -0.507 e. The molecule has 0 aromatic heterocycles. The highest BCUT2D eigenvalue weighted by molar-refractivity contribution is 6.51. The van der Waals surface area contributed by atoms with Crippen LogP contribution in [-0.4, -0.2) is 30.5 Å². The van der Waals surface area contributed by atoms with Crippen molar-refractivity contribution < 1.29 is 24.2 Å². The van der Waals surface area contributed by atoms with Gasteiger partial charge in [0.1, 0.15) is 17.3 Å². The topological polar surface area (TPSA) is 76.1 Å². The molecule has 1 fully saturated rings. The molecule has 0 bridgehead atoms. The largest absolute Gasteiger partial charge is 0.507 e. The Morgan fingerprint density at radius 3 is 2.16 bits per heavy atom. The van der Waals surface area contributed by atoms with Crippen molar-refractivity contribution >= 4 is 23.1 Å². The summed E-state index contributed by atoms with van der Waals surface area (Å²) in [6.07, 6.45) is 0. The Balaban J connectivity index is 1.87. The van der Waals surface area contributed by atoms with Crippen LogP contribution in [-0.2, 0) is 9.59 Å². The molecule has 1 N–H and O–H groups in total. The first-order valence-electron chi connectivity index (χ1n) is 12.4. The molecule has 6 nitrogen and oxygen atoms in total. The van der Waals surface area contributed by atoms with Crippen LogP contribution in [0.5, 0.6) is 11.5 Å². The third-order valence-corrected chi connectivity index (χ3v) is 6.38. The summed E-state index contributed by atoms with van der Waals surface area (Å²) < 4.78 is 11.2. The molecule has 0 saturated carbocycles. The summed E-state index contributed by atoms with van der Waals surface area (Å²) in [4.78, 5) is 28.4. The number of carbonyl (C=O) groups is 2. The first kappa shape index (κ1) is 26.0. The van der Waals surface area contributed by atoms with Gasteiger partial charge in [-0.2, -0.15) is 0 Å². The van der Waals surface area contributed by atoms with Gasteiger partial charge < -0.3 is 14.6 Å². The van der Waals surface area contributed by atoms with Gasteiger partial charge in [-0.3, -0.25) is 14.5 Å². The van der Waals surface area contributed by atoms with Gasteiger partial charge in [-0.25, -0.2) is 0 Å². The summed E-state index contributed by atoms with van der Waals surface area (Å²) >= 11 is 0. The van der Waals surface area contributed by atoms with Gasteiger partial charge in [-0.05, 0) is 91.4 Å². The number of rotatable bonds is 7. The standard InChI is InChI=1S/C31H33NO5/c1-18(2)17-37-26-12-9-23(16-21(26)5)29(33)27-28(22-7-10-25(36-6)11-8-22)32(31(35)30(27)34)24-14-19(3)13-20(4)15-24/h7-16,18,28,33H,17H2,1-6H3/b29-27-. The zero-order valence-electron chi connectivity index (χ0n) is 22.2. The van der Waals surface area contributed by atoms with Crippen molar-refractivity contribution in [2.75, 3.05) is 18.6 Å². The van der Waals surface area contributed by atoms with Crippen LogP contribution in [0, 0.1) is 26.7 Å². The van der Waals surface area contributed by atoms with Crippen molar-refractivity contribution in [2.24, 2.45) is 5.92 Å². The highest BCUT2D eigenvalue weighted by atomic mass is 16.5. The quantitative estimate of drug-likeness (QED) is 0.235. The third-order valence-electron chi connectivity index (χ3n) is 6.38. The SMILES string of the molecule is COc1ccc(C2/C(=C(/O)c3ccc(OCC(C)C)c(C)c3)C(=O)C(=O)N2c2cc(C)cc(C)c2)cc1. The first-order valence-corrected chi connectivity index (χ1v) is 12.4. The van der Waals surface area contributed by atoms with Crippen LogP contribution in [0.1, 0.15) is 47.7 Å². The van der Waals surface area contributed by atoms with Gasteiger partial charge in [-0.15, -0.1) is 0 Å².